The van der Waals surface area contributed by atoms with E-state index in [-0.39, 0.29) is 16.3 Å². The van der Waals surface area contributed by atoms with E-state index in [2.05, 4.69) is 20.7 Å². The summed E-state index contributed by atoms with van der Waals surface area (Å²) in [5.74, 6) is -0.394. The average molecular weight is 359 g/mol. The van der Waals surface area contributed by atoms with Gasteiger partial charge in [0.1, 0.15) is 10.7 Å². The Morgan fingerprint density at radius 3 is 2.55 bits per heavy atom. The number of anilines is 2. The van der Waals surface area contributed by atoms with Crippen LogP contribution in [0.15, 0.2) is 45.8 Å². The molecule has 0 aliphatic rings. The molecule has 0 fully saturated rings. The predicted octanol–water partition coefficient (Wildman–Crippen LogP) is 3.28. The molecule has 0 atom stereocenters. The fourth-order valence-electron chi connectivity index (χ4n) is 1.66. The molecule has 0 saturated heterocycles. The quantitative estimate of drug-likeness (QED) is 0.827. The van der Waals surface area contributed by atoms with Gasteiger partial charge in [0.05, 0.1) is 5.69 Å². The van der Waals surface area contributed by atoms with Crippen LogP contribution in [0.3, 0.4) is 0 Å². The van der Waals surface area contributed by atoms with Crippen LogP contribution in [0, 0.1) is 12.7 Å². The summed E-state index contributed by atoms with van der Waals surface area (Å²) < 4.78 is 40.7. The minimum absolute atomic E-state index is 0.0335. The smallest absolute Gasteiger partial charge is 0.263 e. The van der Waals surface area contributed by atoms with Crippen LogP contribution in [0.5, 0.6) is 0 Å². The van der Waals surface area contributed by atoms with Crippen molar-refractivity contribution in [3.63, 3.8) is 0 Å². The highest BCUT2D eigenvalue weighted by Crippen LogP contribution is 2.25. The molecule has 2 rings (SSSR count). The van der Waals surface area contributed by atoms with Crippen LogP contribution >= 0.6 is 15.9 Å². The van der Waals surface area contributed by atoms with E-state index in [0.717, 1.165) is 0 Å². The molecule has 7 heteroatoms. The van der Waals surface area contributed by atoms with Crippen LogP contribution in [0.1, 0.15) is 5.56 Å². The van der Waals surface area contributed by atoms with Gasteiger partial charge in [0.15, 0.2) is 0 Å². The van der Waals surface area contributed by atoms with E-state index in [0.29, 0.717) is 10.0 Å². The highest BCUT2D eigenvalue weighted by Gasteiger charge is 2.18. The van der Waals surface area contributed by atoms with Crippen molar-refractivity contribution in [2.24, 2.45) is 0 Å². The lowest BCUT2D eigenvalue weighted by molar-refractivity contribution is 0.601. The second-order valence-electron chi connectivity index (χ2n) is 4.25. The van der Waals surface area contributed by atoms with Crippen molar-refractivity contribution in [3.8, 4) is 0 Å². The Hall–Kier alpha value is -1.60. The number of rotatable bonds is 3. The Kier molecular flexibility index (Phi) is 4.01. The van der Waals surface area contributed by atoms with E-state index >= 15 is 0 Å². The van der Waals surface area contributed by atoms with Crippen molar-refractivity contribution in [1.29, 1.82) is 0 Å². The molecule has 20 heavy (non-hydrogen) atoms. The Labute approximate surface area is 125 Å². The number of hydrogen-bond acceptors (Lipinski definition) is 3. The monoisotopic (exact) mass is 358 g/mol. The van der Waals surface area contributed by atoms with Gasteiger partial charge >= 0.3 is 0 Å². The molecule has 0 bridgehead atoms. The van der Waals surface area contributed by atoms with E-state index in [9.17, 15) is 12.8 Å². The third kappa shape index (κ3) is 3.10. The van der Waals surface area contributed by atoms with E-state index in [1.165, 1.54) is 30.3 Å². The Balaban J connectivity index is 2.40. The van der Waals surface area contributed by atoms with Crippen LogP contribution in [-0.4, -0.2) is 8.42 Å². The number of aryl methyl sites for hydroxylation is 1. The molecule has 0 aromatic heterocycles. The fourth-order valence-corrected chi connectivity index (χ4v) is 3.38. The van der Waals surface area contributed by atoms with Gasteiger partial charge in [-0.3, -0.25) is 4.72 Å². The summed E-state index contributed by atoms with van der Waals surface area (Å²) in [5.41, 5.74) is 6.46. The molecule has 106 valence electrons. The largest absolute Gasteiger partial charge is 0.398 e. The van der Waals surface area contributed by atoms with E-state index in [1.807, 2.05) is 0 Å². The number of nitrogen functional groups attached to an aromatic ring is 1. The number of nitrogens with two attached hydrogens (primary N) is 1. The lowest BCUT2D eigenvalue weighted by atomic mass is 10.2. The first-order valence-electron chi connectivity index (χ1n) is 5.63. The standard InChI is InChI=1S/C13H12BrFN2O2S/c1-8-6-10(3-4-11(8)15)17-20(18,19)13-7-9(14)2-5-12(13)16/h2-7,17H,16H2,1H3. The molecule has 2 aromatic rings. The van der Waals surface area contributed by atoms with Gasteiger partial charge in [0.25, 0.3) is 10.0 Å². The Morgan fingerprint density at radius 1 is 1.20 bits per heavy atom. The molecule has 0 amide bonds. The number of nitrogens with one attached hydrogen (secondary N) is 1. The van der Waals surface area contributed by atoms with Gasteiger partial charge in [0.2, 0.25) is 0 Å². The molecular weight excluding hydrogens is 347 g/mol. The van der Waals surface area contributed by atoms with E-state index in [1.54, 1.807) is 13.0 Å². The minimum atomic E-state index is -3.82. The maximum atomic E-state index is 13.2. The first-order chi connectivity index (χ1) is 9.29. The molecule has 0 heterocycles. The lowest BCUT2D eigenvalue weighted by Gasteiger charge is -2.11. The van der Waals surface area contributed by atoms with Crippen LogP contribution in [-0.2, 0) is 10.0 Å². The van der Waals surface area contributed by atoms with Gasteiger partial charge in [-0.25, -0.2) is 12.8 Å². The first-order valence-corrected chi connectivity index (χ1v) is 7.91. The van der Waals surface area contributed by atoms with Crippen LogP contribution in [0.25, 0.3) is 0 Å². The summed E-state index contributed by atoms with van der Waals surface area (Å²) in [7, 11) is -3.82. The zero-order valence-corrected chi connectivity index (χ0v) is 12.9. The van der Waals surface area contributed by atoms with Crippen molar-refractivity contribution in [2.45, 2.75) is 11.8 Å². The van der Waals surface area contributed by atoms with Gasteiger partial charge in [-0.15, -0.1) is 0 Å². The summed E-state index contributed by atoms with van der Waals surface area (Å²) in [5, 5.41) is 0. The SMILES string of the molecule is Cc1cc(NS(=O)(=O)c2cc(Br)ccc2N)ccc1F. The molecule has 0 unspecified atom stereocenters. The van der Waals surface area contributed by atoms with Crippen LogP contribution < -0.4 is 10.5 Å². The third-order valence-electron chi connectivity index (χ3n) is 2.68. The van der Waals surface area contributed by atoms with Crippen LogP contribution in [0.4, 0.5) is 15.8 Å². The Bertz CT molecular complexity index is 763. The van der Waals surface area contributed by atoms with Crippen molar-refractivity contribution in [1.82, 2.24) is 0 Å². The van der Waals surface area contributed by atoms with E-state index < -0.39 is 15.8 Å². The predicted molar refractivity (Wildman–Crippen MR) is 80.5 cm³/mol. The molecule has 3 N–H and O–H groups in total. The second-order valence-corrected chi connectivity index (χ2v) is 6.82. The van der Waals surface area contributed by atoms with Gasteiger partial charge < -0.3 is 5.73 Å². The molecule has 0 radical (unpaired) electrons. The van der Waals surface area contributed by atoms with E-state index in [4.69, 9.17) is 5.73 Å². The maximum absolute atomic E-state index is 13.2. The molecule has 0 aliphatic heterocycles. The summed E-state index contributed by atoms with van der Waals surface area (Å²) in [4.78, 5) is -0.0335. The topological polar surface area (TPSA) is 72.2 Å². The number of halogens is 2. The molecule has 0 aliphatic carbocycles. The zero-order chi connectivity index (χ0) is 14.9. The highest BCUT2D eigenvalue weighted by atomic mass is 79.9. The number of benzene rings is 2. The highest BCUT2D eigenvalue weighted by molar-refractivity contribution is 9.10. The average Bonchev–Trinajstić information content (AvgIpc) is 2.36. The molecule has 4 nitrogen and oxygen atoms in total. The van der Waals surface area contributed by atoms with Crippen molar-refractivity contribution in [2.75, 3.05) is 10.5 Å². The van der Waals surface area contributed by atoms with Gasteiger partial charge in [-0.1, -0.05) is 15.9 Å². The van der Waals surface area contributed by atoms with Gasteiger partial charge in [-0.05, 0) is 48.9 Å². The van der Waals surface area contributed by atoms with Crippen LogP contribution in [0.2, 0.25) is 0 Å². The number of sulfonamides is 1. The summed E-state index contributed by atoms with van der Waals surface area (Å²) in [6.45, 7) is 1.56. The van der Waals surface area contributed by atoms with Crippen molar-refractivity contribution in [3.05, 3.63) is 52.3 Å². The fraction of sp³-hybridized carbons (Fsp3) is 0.0769. The van der Waals surface area contributed by atoms with Gasteiger partial charge in [0, 0.05) is 10.2 Å². The minimum Gasteiger partial charge on any atom is -0.398 e. The van der Waals surface area contributed by atoms with Crippen molar-refractivity contribution >= 4 is 37.3 Å². The number of hydrogen-bond donors (Lipinski definition) is 2. The Morgan fingerprint density at radius 2 is 1.90 bits per heavy atom. The molecular formula is C13H12BrFN2O2S. The third-order valence-corrected chi connectivity index (χ3v) is 4.61. The zero-order valence-electron chi connectivity index (χ0n) is 10.5. The summed E-state index contributed by atoms with van der Waals surface area (Å²) in [6, 6.07) is 8.53. The maximum Gasteiger partial charge on any atom is 0.263 e. The van der Waals surface area contributed by atoms with Crippen molar-refractivity contribution < 1.29 is 12.8 Å². The normalized spacial score (nSPS) is 11.3. The first kappa shape index (κ1) is 14.8. The second kappa shape index (κ2) is 5.41. The molecule has 0 spiro atoms. The summed E-state index contributed by atoms with van der Waals surface area (Å²) in [6.07, 6.45) is 0. The lowest BCUT2D eigenvalue weighted by Crippen LogP contribution is -2.15. The van der Waals surface area contributed by atoms with Gasteiger partial charge in [-0.2, -0.15) is 0 Å². The molecule has 0 saturated carbocycles. The summed E-state index contributed by atoms with van der Waals surface area (Å²) >= 11 is 3.20. The molecule has 2 aromatic carbocycles.